The Kier molecular flexibility index (Phi) is 10.3. The molecule has 1 amide bonds. The van der Waals surface area contributed by atoms with Gasteiger partial charge >= 0.3 is 29.6 Å². The first-order valence-corrected chi connectivity index (χ1v) is 12.0. The molecule has 182 valence electrons. The van der Waals surface area contributed by atoms with Crippen molar-refractivity contribution < 1.29 is 53.7 Å². The maximum Gasteiger partial charge on any atom is 1.00 e. The summed E-state index contributed by atoms with van der Waals surface area (Å²) in [6, 6.07) is 19.3. The number of hydrogen-bond donors (Lipinski definition) is 1. The summed E-state index contributed by atoms with van der Waals surface area (Å²) < 4.78 is 11.3. The molecule has 3 aromatic rings. The fourth-order valence-corrected chi connectivity index (χ4v) is 4.67. The summed E-state index contributed by atoms with van der Waals surface area (Å²) in [6.07, 6.45) is 3.38. The third kappa shape index (κ3) is 7.04. The summed E-state index contributed by atoms with van der Waals surface area (Å²) >= 11 is 6.22. The van der Waals surface area contributed by atoms with Crippen LogP contribution in [0.2, 0.25) is 5.02 Å². The molecule has 3 aromatic carbocycles. The van der Waals surface area contributed by atoms with Gasteiger partial charge in [0.05, 0.1) is 11.6 Å². The number of aliphatic carboxylic acids is 1. The zero-order valence-corrected chi connectivity index (χ0v) is 23.2. The fraction of sp³-hybridized carbons (Fsp3) is 0.286. The van der Waals surface area contributed by atoms with Gasteiger partial charge in [-0.05, 0) is 61.4 Å². The van der Waals surface area contributed by atoms with Crippen molar-refractivity contribution in [1.29, 1.82) is 0 Å². The zero-order chi connectivity index (χ0) is 24.8. The van der Waals surface area contributed by atoms with Crippen molar-refractivity contribution in [2.24, 2.45) is 5.92 Å². The van der Waals surface area contributed by atoms with E-state index in [1.807, 2.05) is 31.2 Å². The number of fused-ring (bicyclic) bond motifs is 2. The molecule has 36 heavy (non-hydrogen) atoms. The molecule has 1 aliphatic heterocycles. The van der Waals surface area contributed by atoms with Crippen molar-refractivity contribution >= 4 is 24.0 Å². The minimum atomic E-state index is -1.12. The standard InChI is InChI=1S/C17H15ClO4.C11H13NO.Na/c1-10-2-4-11(5-3-10)22-16-9-15-13(8-14(16)18)12(17(19)20)6-7-21-15;13-8-12-7-9-5-10-3-1-2-4-11(10)6-9;/h2-5,8-9,12H,6-7H2,1H3,(H,19,20);1-4,8-9H,5-7H2,(H,12,13);/q;;+1/p-1. The monoisotopic (exact) mass is 515 g/mol. The first kappa shape index (κ1) is 28.1. The number of rotatable bonds is 6. The van der Waals surface area contributed by atoms with E-state index in [0.717, 1.165) is 31.4 Å². The largest absolute Gasteiger partial charge is 1.00 e. The van der Waals surface area contributed by atoms with Gasteiger partial charge in [0.25, 0.3) is 0 Å². The molecule has 0 fully saturated rings. The number of carbonyl (C=O) groups is 2. The molecular weight excluding hydrogens is 489 g/mol. The molecule has 6 nitrogen and oxygen atoms in total. The second-order valence-electron chi connectivity index (χ2n) is 8.81. The number of ether oxygens (including phenoxy) is 2. The van der Waals surface area contributed by atoms with E-state index in [4.69, 9.17) is 21.1 Å². The maximum absolute atomic E-state index is 11.2. The van der Waals surface area contributed by atoms with Crippen LogP contribution >= 0.6 is 11.6 Å². The summed E-state index contributed by atoms with van der Waals surface area (Å²) in [5.41, 5.74) is 4.55. The van der Waals surface area contributed by atoms with E-state index in [1.165, 1.54) is 11.1 Å². The first-order valence-electron chi connectivity index (χ1n) is 11.6. The summed E-state index contributed by atoms with van der Waals surface area (Å²) in [6.45, 7) is 3.12. The van der Waals surface area contributed by atoms with E-state index in [-0.39, 0.29) is 29.6 Å². The van der Waals surface area contributed by atoms with Crippen molar-refractivity contribution in [3.05, 3.63) is 87.9 Å². The van der Waals surface area contributed by atoms with Crippen molar-refractivity contribution in [3.8, 4) is 17.2 Å². The summed E-state index contributed by atoms with van der Waals surface area (Å²) in [5.74, 6) is 0.347. The van der Waals surface area contributed by atoms with Gasteiger partial charge < -0.3 is 24.7 Å². The van der Waals surface area contributed by atoms with Gasteiger partial charge in [0.1, 0.15) is 17.2 Å². The van der Waals surface area contributed by atoms with Crippen LogP contribution in [0.3, 0.4) is 0 Å². The Morgan fingerprint density at radius 3 is 2.42 bits per heavy atom. The Hall–Kier alpha value is -2.51. The predicted octanol–water partition coefficient (Wildman–Crippen LogP) is 1.21. The van der Waals surface area contributed by atoms with E-state index in [9.17, 15) is 14.7 Å². The molecule has 1 N–H and O–H groups in total. The molecule has 0 bridgehead atoms. The van der Waals surface area contributed by atoms with Gasteiger partial charge in [-0.2, -0.15) is 0 Å². The van der Waals surface area contributed by atoms with E-state index < -0.39 is 11.9 Å². The molecule has 5 rings (SSSR count). The average Bonchev–Trinajstić information content (AvgIpc) is 3.27. The normalized spacial score (nSPS) is 15.7. The number of amides is 1. The van der Waals surface area contributed by atoms with E-state index in [1.54, 1.807) is 12.1 Å². The molecule has 1 unspecified atom stereocenters. The smallest absolute Gasteiger partial charge is 0.549 e. The summed E-state index contributed by atoms with van der Waals surface area (Å²) in [4.78, 5) is 21.3. The van der Waals surface area contributed by atoms with Crippen molar-refractivity contribution in [2.45, 2.75) is 32.1 Å². The Bertz CT molecular complexity index is 1180. The number of carboxylic acid groups (broad SMARTS) is 1. The SMILES string of the molecule is Cc1ccc(Oc2cc3c(cc2Cl)C(C(=O)[O-])CCO3)cc1.O=CNCC1Cc2ccccc2C1.[Na+]. The Morgan fingerprint density at radius 1 is 1.14 bits per heavy atom. The van der Waals surface area contributed by atoms with Crippen molar-refractivity contribution in [3.63, 3.8) is 0 Å². The van der Waals surface area contributed by atoms with Gasteiger partial charge in [-0.3, -0.25) is 4.79 Å². The van der Waals surface area contributed by atoms with Gasteiger partial charge in [-0.15, -0.1) is 0 Å². The molecule has 1 aliphatic carbocycles. The van der Waals surface area contributed by atoms with Crippen molar-refractivity contribution in [1.82, 2.24) is 5.32 Å². The van der Waals surface area contributed by atoms with Crippen LogP contribution in [-0.4, -0.2) is 25.5 Å². The number of nitrogens with one attached hydrogen (secondary N) is 1. The van der Waals surface area contributed by atoms with Gasteiger partial charge in [0, 0.05) is 30.1 Å². The molecule has 0 spiro atoms. The molecular formula is C28H27ClNNaO5. The molecule has 1 heterocycles. The number of benzene rings is 3. The van der Waals surface area contributed by atoms with Gasteiger partial charge in [0.2, 0.25) is 6.41 Å². The van der Waals surface area contributed by atoms with Crippen LogP contribution in [0.1, 0.15) is 34.6 Å². The molecule has 0 saturated carbocycles. The number of carbonyl (C=O) groups excluding carboxylic acids is 2. The van der Waals surface area contributed by atoms with Crippen LogP contribution in [0.25, 0.3) is 0 Å². The molecule has 0 saturated heterocycles. The topological polar surface area (TPSA) is 87.7 Å². The van der Waals surface area contributed by atoms with Crippen LogP contribution in [0.15, 0.2) is 60.7 Å². The van der Waals surface area contributed by atoms with Crippen molar-refractivity contribution in [2.75, 3.05) is 13.2 Å². The third-order valence-corrected chi connectivity index (χ3v) is 6.56. The molecule has 2 aliphatic rings. The number of halogens is 1. The molecule has 1 atom stereocenters. The van der Waals surface area contributed by atoms with E-state index in [2.05, 4.69) is 29.6 Å². The molecule has 8 heteroatoms. The number of aryl methyl sites for hydroxylation is 1. The minimum absolute atomic E-state index is 0. The Labute approximate surface area is 238 Å². The maximum atomic E-state index is 11.2. The second-order valence-corrected chi connectivity index (χ2v) is 9.22. The van der Waals surface area contributed by atoms with E-state index in [0.29, 0.717) is 46.8 Å². The minimum Gasteiger partial charge on any atom is -0.549 e. The molecule has 0 aromatic heterocycles. The van der Waals surface area contributed by atoms with Gasteiger partial charge in [-0.25, -0.2) is 0 Å². The Morgan fingerprint density at radius 2 is 1.81 bits per heavy atom. The molecule has 0 radical (unpaired) electrons. The van der Waals surface area contributed by atoms with Crippen LogP contribution in [0.5, 0.6) is 17.2 Å². The predicted molar refractivity (Wildman–Crippen MR) is 132 cm³/mol. The van der Waals surface area contributed by atoms with Crippen LogP contribution in [0, 0.1) is 12.8 Å². The average molecular weight is 516 g/mol. The van der Waals surface area contributed by atoms with Crippen LogP contribution < -0.4 is 49.5 Å². The van der Waals surface area contributed by atoms with E-state index >= 15 is 0 Å². The summed E-state index contributed by atoms with van der Waals surface area (Å²) in [7, 11) is 0. The number of carboxylic acids is 1. The second kappa shape index (κ2) is 13.2. The quantitative estimate of drug-likeness (QED) is 0.394. The zero-order valence-electron chi connectivity index (χ0n) is 20.5. The number of hydrogen-bond acceptors (Lipinski definition) is 5. The van der Waals surface area contributed by atoms with Crippen LogP contribution in [0.4, 0.5) is 0 Å². The van der Waals surface area contributed by atoms with Crippen LogP contribution in [-0.2, 0) is 22.4 Å². The Balaban J connectivity index is 0.000000221. The van der Waals surface area contributed by atoms with Gasteiger partial charge in [-0.1, -0.05) is 53.6 Å². The fourth-order valence-electron chi connectivity index (χ4n) is 4.46. The van der Waals surface area contributed by atoms with Gasteiger partial charge in [0.15, 0.2) is 0 Å². The summed E-state index contributed by atoms with van der Waals surface area (Å²) in [5, 5.41) is 14.3. The first-order chi connectivity index (χ1) is 16.9. The third-order valence-electron chi connectivity index (χ3n) is 6.26.